The number of esters is 1. The van der Waals surface area contributed by atoms with Crippen molar-refractivity contribution in [3.63, 3.8) is 0 Å². The number of nitrogens with one attached hydrogen (secondary N) is 1. The number of hydrogen-bond acceptors (Lipinski definition) is 6. The summed E-state index contributed by atoms with van der Waals surface area (Å²) in [6.07, 6.45) is 4.09. The van der Waals surface area contributed by atoms with E-state index in [0.717, 1.165) is 24.2 Å². The lowest BCUT2D eigenvalue weighted by atomic mass is 10.1. The van der Waals surface area contributed by atoms with Crippen LogP contribution in [-0.2, 0) is 17.7 Å². The highest BCUT2D eigenvalue weighted by Gasteiger charge is 2.26. The van der Waals surface area contributed by atoms with E-state index in [0.29, 0.717) is 24.8 Å². The Bertz CT molecular complexity index is 623. The lowest BCUT2D eigenvalue weighted by Gasteiger charge is -2.14. The number of hydrogen-bond donors (Lipinski definition) is 1. The minimum Gasteiger partial charge on any atom is -0.461 e. The van der Waals surface area contributed by atoms with Crippen LogP contribution in [0.25, 0.3) is 5.95 Å². The minimum absolute atomic E-state index is 0.329. The van der Waals surface area contributed by atoms with E-state index in [2.05, 4.69) is 20.4 Å². The molecule has 1 aliphatic rings. The number of carbonyl (C=O) groups excluding carboxylic acids is 1. The lowest BCUT2D eigenvalue weighted by Crippen LogP contribution is -2.25. The van der Waals surface area contributed by atoms with Crippen molar-refractivity contribution in [3.8, 4) is 5.95 Å². The number of aromatic nitrogens is 4. The molecule has 0 aromatic carbocycles. The van der Waals surface area contributed by atoms with Crippen LogP contribution >= 0.6 is 0 Å². The zero-order valence-corrected chi connectivity index (χ0v) is 11.2. The molecule has 1 aliphatic heterocycles. The van der Waals surface area contributed by atoms with Gasteiger partial charge in [-0.15, -0.1) is 0 Å². The molecule has 2 aromatic rings. The molecule has 0 bridgehead atoms. The maximum Gasteiger partial charge on any atom is 0.359 e. The van der Waals surface area contributed by atoms with Gasteiger partial charge in [-0.05, 0) is 13.0 Å². The van der Waals surface area contributed by atoms with E-state index in [9.17, 15) is 4.79 Å². The van der Waals surface area contributed by atoms with E-state index in [1.165, 1.54) is 0 Å². The highest BCUT2D eigenvalue weighted by atomic mass is 16.5. The van der Waals surface area contributed by atoms with Crippen molar-refractivity contribution in [2.24, 2.45) is 0 Å². The fourth-order valence-corrected chi connectivity index (χ4v) is 2.28. The zero-order valence-electron chi connectivity index (χ0n) is 11.2. The van der Waals surface area contributed by atoms with Crippen molar-refractivity contribution in [1.82, 2.24) is 25.1 Å². The Morgan fingerprint density at radius 3 is 3.00 bits per heavy atom. The summed E-state index contributed by atoms with van der Waals surface area (Å²) in [4.78, 5) is 20.4. The second-order valence-corrected chi connectivity index (χ2v) is 4.38. The third kappa shape index (κ3) is 2.16. The molecule has 20 heavy (non-hydrogen) atoms. The summed E-state index contributed by atoms with van der Waals surface area (Å²) in [5.74, 6) is 0.0725. The maximum atomic E-state index is 12.0. The monoisotopic (exact) mass is 273 g/mol. The number of fused-ring (bicyclic) bond motifs is 1. The molecule has 0 unspecified atom stereocenters. The van der Waals surface area contributed by atoms with Crippen LogP contribution in [0.3, 0.4) is 0 Å². The van der Waals surface area contributed by atoms with E-state index in [-0.39, 0.29) is 0 Å². The van der Waals surface area contributed by atoms with Gasteiger partial charge < -0.3 is 10.1 Å². The second-order valence-electron chi connectivity index (χ2n) is 4.38. The molecular weight excluding hydrogens is 258 g/mol. The third-order valence-corrected chi connectivity index (χ3v) is 3.14. The Morgan fingerprint density at radius 2 is 2.25 bits per heavy atom. The summed E-state index contributed by atoms with van der Waals surface area (Å²) >= 11 is 0. The lowest BCUT2D eigenvalue weighted by molar-refractivity contribution is 0.0517. The summed E-state index contributed by atoms with van der Waals surface area (Å²) in [7, 11) is 0. The van der Waals surface area contributed by atoms with Crippen molar-refractivity contribution in [3.05, 3.63) is 35.4 Å². The van der Waals surface area contributed by atoms with Crippen LogP contribution in [0.1, 0.15) is 28.7 Å². The molecule has 0 aliphatic carbocycles. The van der Waals surface area contributed by atoms with E-state index in [1.54, 1.807) is 30.1 Å². The summed E-state index contributed by atoms with van der Waals surface area (Å²) in [5.41, 5.74) is 2.20. The number of ether oxygens (including phenoxy) is 1. The molecule has 2 aromatic heterocycles. The van der Waals surface area contributed by atoms with Gasteiger partial charge in [0.1, 0.15) is 0 Å². The normalized spacial score (nSPS) is 13.8. The molecule has 104 valence electrons. The van der Waals surface area contributed by atoms with Crippen LogP contribution in [0.4, 0.5) is 0 Å². The summed E-state index contributed by atoms with van der Waals surface area (Å²) < 4.78 is 6.70. The Kier molecular flexibility index (Phi) is 3.42. The van der Waals surface area contributed by atoms with Crippen molar-refractivity contribution < 1.29 is 9.53 Å². The zero-order chi connectivity index (χ0) is 13.9. The third-order valence-electron chi connectivity index (χ3n) is 3.14. The largest absolute Gasteiger partial charge is 0.461 e. The first kappa shape index (κ1) is 12.7. The average Bonchev–Trinajstić information content (AvgIpc) is 2.88. The number of carbonyl (C=O) groups is 1. The van der Waals surface area contributed by atoms with Gasteiger partial charge in [0.2, 0.25) is 0 Å². The minimum atomic E-state index is -0.401. The maximum absolute atomic E-state index is 12.0. The first-order chi connectivity index (χ1) is 9.81. The molecule has 0 fully saturated rings. The SMILES string of the molecule is CCOC(=O)c1nn(-c2ncccn2)c2c1CNCC2. The average molecular weight is 273 g/mol. The van der Waals surface area contributed by atoms with Gasteiger partial charge in [-0.25, -0.2) is 19.4 Å². The Morgan fingerprint density at radius 1 is 1.45 bits per heavy atom. The van der Waals surface area contributed by atoms with E-state index in [1.807, 2.05) is 0 Å². The Labute approximate surface area is 116 Å². The molecule has 1 N–H and O–H groups in total. The van der Waals surface area contributed by atoms with Crippen LogP contribution in [0.15, 0.2) is 18.5 Å². The molecule has 3 heterocycles. The Hall–Kier alpha value is -2.28. The first-order valence-electron chi connectivity index (χ1n) is 6.57. The van der Waals surface area contributed by atoms with Crippen molar-refractivity contribution in [2.45, 2.75) is 19.9 Å². The van der Waals surface area contributed by atoms with Crippen LogP contribution < -0.4 is 5.32 Å². The van der Waals surface area contributed by atoms with E-state index in [4.69, 9.17) is 4.74 Å². The van der Waals surface area contributed by atoms with Crippen LogP contribution in [0, 0.1) is 0 Å². The van der Waals surface area contributed by atoms with Gasteiger partial charge in [-0.3, -0.25) is 0 Å². The fraction of sp³-hybridized carbons (Fsp3) is 0.385. The molecule has 0 amide bonds. The Balaban J connectivity index is 2.09. The molecule has 3 rings (SSSR count). The molecule has 0 saturated heterocycles. The first-order valence-corrected chi connectivity index (χ1v) is 6.57. The molecule has 0 spiro atoms. The van der Waals surface area contributed by atoms with Crippen LogP contribution in [0.2, 0.25) is 0 Å². The number of rotatable bonds is 3. The molecule has 0 saturated carbocycles. The van der Waals surface area contributed by atoms with E-state index >= 15 is 0 Å². The van der Waals surface area contributed by atoms with Gasteiger partial charge in [0, 0.05) is 37.5 Å². The quantitative estimate of drug-likeness (QED) is 0.819. The van der Waals surface area contributed by atoms with Gasteiger partial charge in [-0.1, -0.05) is 0 Å². The molecule has 7 nitrogen and oxygen atoms in total. The molecule has 0 atom stereocenters. The smallest absolute Gasteiger partial charge is 0.359 e. The van der Waals surface area contributed by atoms with Crippen LogP contribution in [0.5, 0.6) is 0 Å². The summed E-state index contributed by atoms with van der Waals surface area (Å²) in [6, 6.07) is 1.74. The van der Waals surface area contributed by atoms with Crippen LogP contribution in [-0.4, -0.2) is 38.9 Å². The predicted molar refractivity (Wildman–Crippen MR) is 70.5 cm³/mol. The fourth-order valence-electron chi connectivity index (χ4n) is 2.28. The highest BCUT2D eigenvalue weighted by molar-refractivity contribution is 5.89. The molecule has 0 radical (unpaired) electrons. The standard InChI is InChI=1S/C13H15N5O2/c1-2-20-12(19)11-9-8-14-7-4-10(9)18(17-11)13-15-5-3-6-16-13/h3,5-6,14H,2,4,7-8H2,1H3. The second kappa shape index (κ2) is 5.38. The van der Waals surface area contributed by atoms with Gasteiger partial charge in [0.05, 0.1) is 12.3 Å². The van der Waals surface area contributed by atoms with Gasteiger partial charge in [-0.2, -0.15) is 5.10 Å². The van der Waals surface area contributed by atoms with Crippen molar-refractivity contribution >= 4 is 5.97 Å². The predicted octanol–water partition coefficient (Wildman–Crippen LogP) is 0.485. The van der Waals surface area contributed by atoms with Gasteiger partial charge in [0.15, 0.2) is 5.69 Å². The summed E-state index contributed by atoms with van der Waals surface area (Å²) in [6.45, 7) is 3.56. The van der Waals surface area contributed by atoms with Crippen molar-refractivity contribution in [1.29, 1.82) is 0 Å². The number of nitrogens with zero attached hydrogens (tertiary/aromatic N) is 4. The van der Waals surface area contributed by atoms with E-state index < -0.39 is 5.97 Å². The molecular formula is C13H15N5O2. The highest BCUT2D eigenvalue weighted by Crippen LogP contribution is 2.21. The molecule has 7 heteroatoms. The summed E-state index contributed by atoms with van der Waals surface area (Å²) in [5, 5.41) is 7.60. The van der Waals surface area contributed by atoms with Crippen molar-refractivity contribution in [2.75, 3.05) is 13.2 Å². The van der Waals surface area contributed by atoms with Gasteiger partial charge in [0.25, 0.3) is 5.95 Å². The topological polar surface area (TPSA) is 81.9 Å². The van der Waals surface area contributed by atoms with Gasteiger partial charge >= 0.3 is 5.97 Å².